The summed E-state index contributed by atoms with van der Waals surface area (Å²) in [7, 11) is 0.417. The van der Waals surface area contributed by atoms with Gasteiger partial charge in [-0.2, -0.15) is 0 Å². The van der Waals surface area contributed by atoms with Gasteiger partial charge in [-0.05, 0) is 24.3 Å². The van der Waals surface area contributed by atoms with Gasteiger partial charge in [0.15, 0.2) is 0 Å². The van der Waals surface area contributed by atoms with Crippen molar-refractivity contribution in [2.45, 2.75) is 13.1 Å². The predicted molar refractivity (Wildman–Crippen MR) is 101 cm³/mol. The molecular formula is C18H20O8Si. The van der Waals surface area contributed by atoms with E-state index in [1.807, 2.05) is 0 Å². The van der Waals surface area contributed by atoms with Gasteiger partial charge in [0.05, 0.1) is 22.3 Å². The van der Waals surface area contributed by atoms with E-state index < -0.39 is 23.9 Å². The molecule has 0 spiro atoms. The molecule has 0 heterocycles. The van der Waals surface area contributed by atoms with Crippen molar-refractivity contribution in [1.82, 2.24) is 0 Å². The van der Waals surface area contributed by atoms with Crippen LogP contribution in [0.4, 0.5) is 0 Å². The van der Waals surface area contributed by atoms with E-state index in [-0.39, 0.29) is 22.3 Å². The first kappa shape index (κ1) is 23.5. The molecule has 144 valence electrons. The number of carboxylic acid groups (broad SMARTS) is 4. The monoisotopic (exact) mass is 392 g/mol. The van der Waals surface area contributed by atoms with Crippen molar-refractivity contribution in [3.05, 3.63) is 70.8 Å². The molecule has 0 radical (unpaired) electrons. The number of rotatable bonds is 4. The summed E-state index contributed by atoms with van der Waals surface area (Å²) in [5.41, 5.74) is -0.759. The van der Waals surface area contributed by atoms with Crippen LogP contribution in [0.2, 0.25) is 13.1 Å². The minimum Gasteiger partial charge on any atom is -0.478 e. The molecule has 0 aliphatic carbocycles. The summed E-state index contributed by atoms with van der Waals surface area (Å²) in [5.74, 6) is -4.91. The van der Waals surface area contributed by atoms with Crippen LogP contribution in [0.3, 0.4) is 0 Å². The molecule has 0 saturated carbocycles. The van der Waals surface area contributed by atoms with E-state index in [1.165, 1.54) is 48.5 Å². The molecule has 0 unspecified atom stereocenters. The zero-order valence-electron chi connectivity index (χ0n) is 14.7. The van der Waals surface area contributed by atoms with Crippen molar-refractivity contribution < 1.29 is 39.6 Å². The van der Waals surface area contributed by atoms with E-state index in [1.54, 1.807) is 0 Å². The zero-order valence-corrected chi connectivity index (χ0v) is 16.2. The third-order valence-electron chi connectivity index (χ3n) is 2.78. The summed E-state index contributed by atoms with van der Waals surface area (Å²) in [6.07, 6.45) is 0. The van der Waals surface area contributed by atoms with Crippen molar-refractivity contribution in [3.8, 4) is 0 Å². The van der Waals surface area contributed by atoms with Crippen LogP contribution in [0.1, 0.15) is 41.4 Å². The summed E-state index contributed by atoms with van der Waals surface area (Å²) in [6.45, 7) is 4.53. The topological polar surface area (TPSA) is 149 Å². The van der Waals surface area contributed by atoms with Gasteiger partial charge in [0.25, 0.3) is 0 Å². The minimum atomic E-state index is -1.23. The van der Waals surface area contributed by atoms with Crippen LogP contribution < -0.4 is 0 Å². The van der Waals surface area contributed by atoms with Crippen LogP contribution in [-0.2, 0) is 0 Å². The highest BCUT2D eigenvalue weighted by Gasteiger charge is 2.14. The van der Waals surface area contributed by atoms with Crippen LogP contribution in [0, 0.1) is 0 Å². The number of carbonyl (C=O) groups is 4. The summed E-state index contributed by atoms with van der Waals surface area (Å²) >= 11 is 0. The zero-order chi connectivity index (χ0) is 21.0. The largest absolute Gasteiger partial charge is 0.478 e. The maximum Gasteiger partial charge on any atom is 0.336 e. The molecule has 27 heavy (non-hydrogen) atoms. The lowest BCUT2D eigenvalue weighted by molar-refractivity contribution is 0.0651. The van der Waals surface area contributed by atoms with E-state index >= 15 is 0 Å². The van der Waals surface area contributed by atoms with Crippen LogP contribution >= 0.6 is 0 Å². The van der Waals surface area contributed by atoms with Crippen molar-refractivity contribution in [1.29, 1.82) is 0 Å². The molecule has 0 saturated heterocycles. The van der Waals surface area contributed by atoms with Gasteiger partial charge in [-0.15, -0.1) is 0 Å². The molecule has 0 amide bonds. The SMILES string of the molecule is C[SiH2]C.O=C(O)c1ccccc1C(=O)O.O=C(O)c1ccccc1C(=O)O. The fourth-order valence-electron chi connectivity index (χ4n) is 1.71. The van der Waals surface area contributed by atoms with E-state index in [0.717, 1.165) is 0 Å². The van der Waals surface area contributed by atoms with Crippen molar-refractivity contribution in [3.63, 3.8) is 0 Å². The number of hydrogen-bond acceptors (Lipinski definition) is 4. The Labute approximate surface area is 157 Å². The van der Waals surface area contributed by atoms with E-state index in [0.29, 0.717) is 9.52 Å². The average Bonchev–Trinajstić information content (AvgIpc) is 2.62. The lowest BCUT2D eigenvalue weighted by atomic mass is 10.1. The molecule has 0 aliphatic heterocycles. The van der Waals surface area contributed by atoms with Gasteiger partial charge in [-0.25, -0.2) is 19.2 Å². The van der Waals surface area contributed by atoms with E-state index in [4.69, 9.17) is 20.4 Å². The fourth-order valence-corrected chi connectivity index (χ4v) is 1.71. The second kappa shape index (κ2) is 12.0. The van der Waals surface area contributed by atoms with Gasteiger partial charge in [-0.1, -0.05) is 37.4 Å². The molecule has 4 N–H and O–H groups in total. The van der Waals surface area contributed by atoms with Crippen molar-refractivity contribution in [2.24, 2.45) is 0 Å². The highest BCUT2D eigenvalue weighted by molar-refractivity contribution is 6.31. The summed E-state index contributed by atoms with van der Waals surface area (Å²) in [5, 5.41) is 34.2. The Morgan fingerprint density at radius 2 is 0.704 bits per heavy atom. The Bertz CT molecular complexity index is 683. The predicted octanol–water partition coefficient (Wildman–Crippen LogP) is 2.42. The number of benzene rings is 2. The maximum absolute atomic E-state index is 10.5. The Morgan fingerprint density at radius 1 is 0.556 bits per heavy atom. The highest BCUT2D eigenvalue weighted by Crippen LogP contribution is 2.08. The first-order chi connectivity index (χ1) is 12.7. The first-order valence-electron chi connectivity index (χ1n) is 7.78. The number of aromatic carboxylic acids is 4. The van der Waals surface area contributed by atoms with Gasteiger partial charge in [0.2, 0.25) is 0 Å². The lowest BCUT2D eigenvalue weighted by Gasteiger charge is -1.98. The van der Waals surface area contributed by atoms with Gasteiger partial charge in [-0.3, -0.25) is 0 Å². The van der Waals surface area contributed by atoms with E-state index in [2.05, 4.69) is 13.1 Å². The Balaban J connectivity index is 0.000000438. The molecule has 0 bridgehead atoms. The third-order valence-corrected chi connectivity index (χ3v) is 2.78. The van der Waals surface area contributed by atoms with Crippen LogP contribution in [0.25, 0.3) is 0 Å². The van der Waals surface area contributed by atoms with E-state index in [9.17, 15) is 19.2 Å². The Morgan fingerprint density at radius 3 is 0.815 bits per heavy atom. The molecular weight excluding hydrogens is 372 g/mol. The average molecular weight is 392 g/mol. The van der Waals surface area contributed by atoms with Crippen LogP contribution in [-0.4, -0.2) is 53.8 Å². The first-order valence-corrected chi connectivity index (χ1v) is 10.6. The lowest BCUT2D eigenvalue weighted by Crippen LogP contribution is -2.06. The molecule has 9 heteroatoms. The second-order valence-corrected chi connectivity index (χ2v) is 6.43. The summed E-state index contributed by atoms with van der Waals surface area (Å²) in [4.78, 5) is 41.9. The molecule has 0 atom stereocenters. The third kappa shape index (κ3) is 7.97. The maximum atomic E-state index is 10.5. The molecule has 0 fully saturated rings. The second-order valence-electron chi connectivity index (χ2n) is 5.02. The van der Waals surface area contributed by atoms with Crippen LogP contribution in [0.15, 0.2) is 48.5 Å². The highest BCUT2D eigenvalue weighted by atomic mass is 28.2. The van der Waals surface area contributed by atoms with Crippen molar-refractivity contribution >= 4 is 33.4 Å². The fraction of sp³-hybridized carbons (Fsp3) is 0.111. The minimum absolute atomic E-state index is 0.190. The number of carboxylic acids is 4. The van der Waals surface area contributed by atoms with Crippen molar-refractivity contribution in [2.75, 3.05) is 0 Å². The van der Waals surface area contributed by atoms with Crippen LogP contribution in [0.5, 0.6) is 0 Å². The van der Waals surface area contributed by atoms with Gasteiger partial charge in [0, 0.05) is 9.52 Å². The summed E-state index contributed by atoms with van der Waals surface area (Å²) < 4.78 is 0. The molecule has 8 nitrogen and oxygen atoms in total. The summed E-state index contributed by atoms with van der Waals surface area (Å²) in [6, 6.07) is 11.0. The van der Waals surface area contributed by atoms with Gasteiger partial charge >= 0.3 is 23.9 Å². The molecule has 2 rings (SSSR count). The Kier molecular flexibility index (Phi) is 10.4. The van der Waals surface area contributed by atoms with Gasteiger partial charge in [0.1, 0.15) is 0 Å². The molecule has 0 aliphatic rings. The normalized spacial score (nSPS) is 8.96. The Hall–Kier alpha value is -3.46. The molecule has 0 aromatic heterocycles. The van der Waals surface area contributed by atoms with Gasteiger partial charge < -0.3 is 20.4 Å². The molecule has 2 aromatic rings. The quantitative estimate of drug-likeness (QED) is 0.580. The molecule has 2 aromatic carbocycles. The standard InChI is InChI=1S/2C8H6O4.C2H8Si/c2*9-7(10)5-3-1-2-4-6(5)8(11)12;1-3-2/h2*1-4H,(H,9,10)(H,11,12);3H2,1-2H3. The number of hydrogen-bond donors (Lipinski definition) is 4. The smallest absolute Gasteiger partial charge is 0.336 e.